The van der Waals surface area contributed by atoms with Crippen LogP contribution in [0.4, 0.5) is 32.0 Å². The quantitative estimate of drug-likeness (QED) is 0.422. The molecule has 2 aromatic carbocycles. The number of carbonyl (C=O) groups is 1. The van der Waals surface area contributed by atoms with Gasteiger partial charge < -0.3 is 10.1 Å². The molecule has 34 heavy (non-hydrogen) atoms. The third-order valence-electron chi connectivity index (χ3n) is 5.19. The van der Waals surface area contributed by atoms with Crippen LogP contribution in [-0.4, -0.2) is 28.4 Å². The molecular formula is C21H19ClF6N2O3S. The number of hydrogen-bond donors (Lipinski definition) is 2. The molecule has 3 rings (SSSR count). The molecule has 0 aromatic heterocycles. The largest absolute Gasteiger partial charge is 0.490 e. The fourth-order valence-electron chi connectivity index (χ4n) is 3.43. The number of nitrogens with one attached hydrogen (secondary N) is 2. The average Bonchev–Trinajstić information content (AvgIpc) is 2.70. The summed E-state index contributed by atoms with van der Waals surface area (Å²) in [6, 6.07) is 4.23. The van der Waals surface area contributed by atoms with Crippen molar-refractivity contribution in [2.45, 2.75) is 48.8 Å². The van der Waals surface area contributed by atoms with Gasteiger partial charge in [-0.3, -0.25) is 4.79 Å². The molecule has 186 valence electrons. The van der Waals surface area contributed by atoms with E-state index in [0.29, 0.717) is 6.07 Å². The molecular weight excluding hydrogens is 510 g/mol. The number of ether oxygens (including phenoxy) is 1. The van der Waals surface area contributed by atoms with E-state index in [1.807, 2.05) is 0 Å². The first kappa shape index (κ1) is 26.1. The molecule has 1 aliphatic carbocycles. The van der Waals surface area contributed by atoms with E-state index in [-0.39, 0.29) is 18.5 Å². The standard InChI is InChI=1S/C21H19ClF6N2O3S/c1-34(29,32)18-8-11(2-3-16(18)23)30-19(31)13-9-15(22)14(21(26,27)28)10-17(13)33-12-4-6-20(24,25)7-5-12/h2-3,8-10,12,29H,4-7H2,1H3,(H,30,31). The van der Waals surface area contributed by atoms with E-state index in [0.717, 1.165) is 30.5 Å². The van der Waals surface area contributed by atoms with E-state index in [9.17, 15) is 35.3 Å². The van der Waals surface area contributed by atoms with Crippen LogP contribution in [0.5, 0.6) is 5.75 Å². The molecule has 1 amide bonds. The predicted molar refractivity (Wildman–Crippen MR) is 114 cm³/mol. The van der Waals surface area contributed by atoms with Crippen LogP contribution in [0.15, 0.2) is 35.2 Å². The molecule has 1 unspecified atom stereocenters. The maximum absolute atomic E-state index is 13.9. The molecule has 13 heteroatoms. The molecule has 0 spiro atoms. The van der Waals surface area contributed by atoms with E-state index in [1.165, 1.54) is 0 Å². The van der Waals surface area contributed by atoms with Gasteiger partial charge in [-0.25, -0.2) is 22.2 Å². The van der Waals surface area contributed by atoms with Gasteiger partial charge in [-0.15, -0.1) is 0 Å². The first-order valence-corrected chi connectivity index (χ1v) is 12.2. The van der Waals surface area contributed by atoms with E-state index >= 15 is 0 Å². The second kappa shape index (κ2) is 9.29. The van der Waals surface area contributed by atoms with Crippen LogP contribution in [-0.2, 0) is 15.9 Å². The number of halogens is 7. The monoisotopic (exact) mass is 528 g/mol. The van der Waals surface area contributed by atoms with Crippen molar-refractivity contribution in [2.24, 2.45) is 0 Å². The number of benzene rings is 2. The minimum Gasteiger partial charge on any atom is -0.490 e. The summed E-state index contributed by atoms with van der Waals surface area (Å²) in [5, 5.41) is 1.53. The third-order valence-corrected chi connectivity index (χ3v) is 6.65. The summed E-state index contributed by atoms with van der Waals surface area (Å²) < 4.78 is 106. The molecule has 0 aliphatic heterocycles. The van der Waals surface area contributed by atoms with Crippen LogP contribution in [0.1, 0.15) is 41.6 Å². The molecule has 0 saturated heterocycles. The Hall–Kier alpha value is -2.47. The fraction of sp³-hybridized carbons (Fsp3) is 0.381. The molecule has 1 saturated carbocycles. The van der Waals surface area contributed by atoms with Crippen molar-refractivity contribution < 1.29 is 40.1 Å². The molecule has 1 aliphatic rings. The van der Waals surface area contributed by atoms with Gasteiger partial charge in [0.2, 0.25) is 5.92 Å². The molecule has 1 fully saturated rings. The minimum absolute atomic E-state index is 0.0810. The van der Waals surface area contributed by atoms with Crippen molar-refractivity contribution in [1.82, 2.24) is 0 Å². The average molecular weight is 529 g/mol. The predicted octanol–water partition coefficient (Wildman–Crippen LogP) is 6.74. The highest BCUT2D eigenvalue weighted by Crippen LogP contribution is 2.41. The van der Waals surface area contributed by atoms with Crippen LogP contribution in [0.25, 0.3) is 0 Å². The summed E-state index contributed by atoms with van der Waals surface area (Å²) in [6.45, 7) is 0. The van der Waals surface area contributed by atoms with Crippen LogP contribution in [0, 0.1) is 10.6 Å². The minimum atomic E-state index is -4.87. The third kappa shape index (κ3) is 6.15. The second-order valence-electron chi connectivity index (χ2n) is 7.94. The zero-order valence-electron chi connectivity index (χ0n) is 17.6. The number of amides is 1. The van der Waals surface area contributed by atoms with Crippen molar-refractivity contribution in [2.75, 3.05) is 11.6 Å². The van der Waals surface area contributed by atoms with Gasteiger partial charge in [0.25, 0.3) is 5.91 Å². The van der Waals surface area contributed by atoms with Gasteiger partial charge >= 0.3 is 6.18 Å². The molecule has 0 radical (unpaired) electrons. The van der Waals surface area contributed by atoms with Gasteiger partial charge in [0.15, 0.2) is 0 Å². The highest BCUT2D eigenvalue weighted by atomic mass is 35.5. The Balaban J connectivity index is 1.96. The molecule has 0 heterocycles. The molecule has 2 aromatic rings. The summed E-state index contributed by atoms with van der Waals surface area (Å²) in [7, 11) is -3.48. The molecule has 0 bridgehead atoms. The van der Waals surface area contributed by atoms with E-state index in [2.05, 4.69) is 5.32 Å². The summed E-state index contributed by atoms with van der Waals surface area (Å²) >= 11 is 5.75. The summed E-state index contributed by atoms with van der Waals surface area (Å²) in [6.07, 6.45) is -6.03. The van der Waals surface area contributed by atoms with Gasteiger partial charge in [0, 0.05) is 24.8 Å². The van der Waals surface area contributed by atoms with Gasteiger partial charge in [-0.05, 0) is 43.2 Å². The van der Waals surface area contributed by atoms with Crippen LogP contribution in [0.3, 0.4) is 0 Å². The zero-order valence-corrected chi connectivity index (χ0v) is 19.1. The summed E-state index contributed by atoms with van der Waals surface area (Å²) in [5.41, 5.74) is -1.77. The highest BCUT2D eigenvalue weighted by Gasteiger charge is 2.38. The van der Waals surface area contributed by atoms with Crippen LogP contribution < -0.4 is 10.1 Å². The van der Waals surface area contributed by atoms with E-state index < -0.39 is 79.3 Å². The summed E-state index contributed by atoms with van der Waals surface area (Å²) in [4.78, 5) is 12.4. The Labute approximate surface area is 196 Å². The van der Waals surface area contributed by atoms with E-state index in [1.54, 1.807) is 0 Å². The second-order valence-corrected chi connectivity index (χ2v) is 10.5. The molecule has 2 N–H and O–H groups in total. The van der Waals surface area contributed by atoms with E-state index in [4.69, 9.17) is 21.1 Å². The Morgan fingerprint density at radius 1 is 1.21 bits per heavy atom. The zero-order chi connectivity index (χ0) is 25.5. The SMILES string of the molecule is CS(=N)(=O)c1cc(NC(=O)c2cc(Cl)c(C(F)(F)F)cc2OC2CCC(F)(F)CC2)ccc1F. The highest BCUT2D eigenvalue weighted by molar-refractivity contribution is 7.91. The lowest BCUT2D eigenvalue weighted by Gasteiger charge is -2.29. The lowest BCUT2D eigenvalue weighted by molar-refractivity contribution is -0.137. The number of anilines is 1. The number of hydrogen-bond acceptors (Lipinski definition) is 4. The smallest absolute Gasteiger partial charge is 0.417 e. The van der Waals surface area contributed by atoms with Gasteiger partial charge in [0.1, 0.15) is 11.6 Å². The number of rotatable bonds is 5. The lowest BCUT2D eigenvalue weighted by Crippen LogP contribution is -2.31. The first-order valence-electron chi connectivity index (χ1n) is 9.87. The number of alkyl halides is 5. The first-order chi connectivity index (χ1) is 15.6. The van der Waals surface area contributed by atoms with Crippen molar-refractivity contribution >= 4 is 32.9 Å². The Morgan fingerprint density at radius 2 is 1.82 bits per heavy atom. The van der Waals surface area contributed by atoms with Crippen molar-refractivity contribution in [3.8, 4) is 5.75 Å². The van der Waals surface area contributed by atoms with Crippen molar-refractivity contribution in [3.05, 3.63) is 52.3 Å². The van der Waals surface area contributed by atoms with Gasteiger partial charge in [0.05, 0.1) is 36.9 Å². The Kier molecular flexibility index (Phi) is 7.14. The molecule has 1 atom stereocenters. The van der Waals surface area contributed by atoms with Crippen molar-refractivity contribution in [1.29, 1.82) is 4.78 Å². The fourth-order valence-corrected chi connectivity index (χ4v) is 4.50. The number of carbonyl (C=O) groups excluding carboxylic acids is 1. The Bertz CT molecular complexity index is 1210. The van der Waals surface area contributed by atoms with Crippen molar-refractivity contribution in [3.63, 3.8) is 0 Å². The van der Waals surface area contributed by atoms with Crippen LogP contribution in [0.2, 0.25) is 5.02 Å². The Morgan fingerprint density at radius 3 is 2.38 bits per heavy atom. The molecule has 5 nitrogen and oxygen atoms in total. The van der Waals surface area contributed by atoms with Crippen LogP contribution >= 0.6 is 11.6 Å². The lowest BCUT2D eigenvalue weighted by atomic mass is 9.94. The van der Waals surface area contributed by atoms with Gasteiger partial charge in [-0.2, -0.15) is 13.2 Å². The summed E-state index contributed by atoms with van der Waals surface area (Å²) in [5.74, 6) is -5.33. The maximum Gasteiger partial charge on any atom is 0.417 e. The maximum atomic E-state index is 13.9. The van der Waals surface area contributed by atoms with Gasteiger partial charge in [-0.1, -0.05) is 11.6 Å². The normalized spacial score (nSPS) is 18.2. The topological polar surface area (TPSA) is 79.3 Å².